The molecule has 1 heterocycles. The minimum atomic E-state index is -0.263. The number of urea groups is 1. The zero-order valence-corrected chi connectivity index (χ0v) is 12.1. The number of nitrogens with two attached hydrogens (primary N) is 1. The molecule has 1 aliphatic heterocycles. The van der Waals surface area contributed by atoms with E-state index in [0.29, 0.717) is 13.1 Å². The van der Waals surface area contributed by atoms with Crippen LogP contribution in [-0.4, -0.2) is 29.9 Å². The summed E-state index contributed by atoms with van der Waals surface area (Å²) in [4.78, 5) is 13.9. The molecule has 1 aliphatic rings. The minimum Gasteiger partial charge on any atom is -0.387 e. The number of carbonyl (C=O) groups is 1. The van der Waals surface area contributed by atoms with E-state index < -0.39 is 0 Å². The smallest absolute Gasteiger partial charge is 0.321 e. The normalized spacial score (nSPS) is 17.6. The second-order valence-corrected chi connectivity index (χ2v) is 5.76. The van der Waals surface area contributed by atoms with Crippen LogP contribution >= 0.6 is 0 Å². The Morgan fingerprint density at radius 1 is 1.30 bits per heavy atom. The van der Waals surface area contributed by atoms with E-state index in [0.717, 1.165) is 24.1 Å². The zero-order chi connectivity index (χ0) is 14.8. The first-order valence-electron chi connectivity index (χ1n) is 6.88. The van der Waals surface area contributed by atoms with E-state index in [9.17, 15) is 4.79 Å². The number of benzene rings is 1. The zero-order valence-electron chi connectivity index (χ0n) is 12.1. The lowest BCUT2D eigenvalue weighted by Crippen LogP contribution is -2.48. The number of anilines is 1. The van der Waals surface area contributed by atoms with Gasteiger partial charge in [0.15, 0.2) is 0 Å². The molecule has 2 amide bonds. The van der Waals surface area contributed by atoms with Crippen LogP contribution in [0, 0.1) is 17.7 Å². The largest absolute Gasteiger partial charge is 0.387 e. The Morgan fingerprint density at radius 3 is 2.35 bits per heavy atom. The predicted octanol–water partition coefficient (Wildman–Crippen LogP) is 2.56. The first kappa shape index (κ1) is 14.4. The molecular formula is C15H22N4O. The van der Waals surface area contributed by atoms with E-state index >= 15 is 0 Å². The van der Waals surface area contributed by atoms with Crippen molar-refractivity contribution in [3.8, 4) is 0 Å². The van der Waals surface area contributed by atoms with E-state index in [1.165, 1.54) is 0 Å². The number of carbonyl (C=O) groups excluding carboxylic acids is 1. The van der Waals surface area contributed by atoms with Crippen LogP contribution < -0.4 is 11.1 Å². The molecule has 0 radical (unpaired) electrons. The monoisotopic (exact) mass is 274 g/mol. The third-order valence-electron chi connectivity index (χ3n) is 4.11. The summed E-state index contributed by atoms with van der Waals surface area (Å²) in [6, 6.07) is 7.66. The fourth-order valence-electron chi connectivity index (χ4n) is 2.31. The molecule has 108 valence electrons. The third kappa shape index (κ3) is 3.10. The number of piperidine rings is 1. The first-order chi connectivity index (χ1) is 9.40. The van der Waals surface area contributed by atoms with E-state index in [1.54, 1.807) is 4.90 Å². The van der Waals surface area contributed by atoms with Gasteiger partial charge in [0.05, 0.1) is 5.84 Å². The van der Waals surface area contributed by atoms with Crippen molar-refractivity contribution in [3.05, 3.63) is 29.8 Å². The van der Waals surface area contributed by atoms with Gasteiger partial charge in [-0.3, -0.25) is 5.41 Å². The summed E-state index contributed by atoms with van der Waals surface area (Å²) in [6.07, 6.45) is 1.48. The van der Waals surface area contributed by atoms with Crippen molar-refractivity contribution < 1.29 is 4.79 Å². The van der Waals surface area contributed by atoms with Crippen molar-refractivity contribution in [2.75, 3.05) is 18.4 Å². The van der Waals surface area contributed by atoms with Gasteiger partial charge in [-0.2, -0.15) is 0 Å². The number of likely N-dealkylation sites (tertiary alicyclic amines) is 1. The molecule has 1 aromatic rings. The molecule has 20 heavy (non-hydrogen) atoms. The van der Waals surface area contributed by atoms with Gasteiger partial charge < -0.3 is 16.0 Å². The highest BCUT2D eigenvalue weighted by Gasteiger charge is 2.34. The van der Waals surface area contributed by atoms with Gasteiger partial charge in [-0.05, 0) is 31.9 Å². The molecule has 0 spiro atoms. The van der Waals surface area contributed by atoms with Crippen LogP contribution in [0.2, 0.25) is 0 Å². The standard InChI is InChI=1S/C15H22N4O/c1-11-3-5-12(6-4-11)18-14(20)19-9-7-15(2,8-10-19)13(16)17/h3-6H,7-10H2,1-2H3,(H3,16,17)(H,18,20). The molecule has 0 unspecified atom stereocenters. The molecule has 0 bridgehead atoms. The lowest BCUT2D eigenvalue weighted by Gasteiger charge is -2.38. The Morgan fingerprint density at radius 2 is 1.85 bits per heavy atom. The SMILES string of the molecule is Cc1ccc(NC(=O)N2CCC(C)(C(=N)N)CC2)cc1. The maximum atomic E-state index is 12.2. The average Bonchev–Trinajstić information content (AvgIpc) is 2.42. The van der Waals surface area contributed by atoms with Crippen LogP contribution in [0.3, 0.4) is 0 Å². The predicted molar refractivity (Wildman–Crippen MR) is 81.0 cm³/mol. The summed E-state index contributed by atoms with van der Waals surface area (Å²) >= 11 is 0. The van der Waals surface area contributed by atoms with Crippen molar-refractivity contribution in [1.82, 2.24) is 4.90 Å². The van der Waals surface area contributed by atoms with E-state index in [4.69, 9.17) is 11.1 Å². The highest BCUT2D eigenvalue weighted by Crippen LogP contribution is 2.30. The lowest BCUT2D eigenvalue weighted by molar-refractivity contribution is 0.170. The molecule has 5 heteroatoms. The number of rotatable bonds is 2. The second kappa shape index (κ2) is 5.53. The van der Waals surface area contributed by atoms with Crippen LogP contribution in [0.5, 0.6) is 0 Å². The maximum Gasteiger partial charge on any atom is 0.321 e. The van der Waals surface area contributed by atoms with Gasteiger partial charge in [-0.15, -0.1) is 0 Å². The quantitative estimate of drug-likeness (QED) is 0.572. The van der Waals surface area contributed by atoms with Gasteiger partial charge in [0.2, 0.25) is 0 Å². The second-order valence-electron chi connectivity index (χ2n) is 5.76. The van der Waals surface area contributed by atoms with E-state index in [2.05, 4.69) is 5.32 Å². The number of amidine groups is 1. The summed E-state index contributed by atoms with van der Waals surface area (Å²) in [6.45, 7) is 5.27. The van der Waals surface area contributed by atoms with Crippen molar-refractivity contribution in [2.45, 2.75) is 26.7 Å². The Hall–Kier alpha value is -2.04. The number of hydrogen-bond donors (Lipinski definition) is 3. The molecule has 1 saturated heterocycles. The molecule has 5 nitrogen and oxygen atoms in total. The first-order valence-corrected chi connectivity index (χ1v) is 6.88. The number of aryl methyl sites for hydroxylation is 1. The molecular weight excluding hydrogens is 252 g/mol. The van der Waals surface area contributed by atoms with Gasteiger partial charge in [-0.1, -0.05) is 24.6 Å². The van der Waals surface area contributed by atoms with E-state index in [-0.39, 0.29) is 17.3 Å². The van der Waals surface area contributed by atoms with Crippen molar-refractivity contribution in [1.29, 1.82) is 5.41 Å². The van der Waals surface area contributed by atoms with Crippen LogP contribution in [0.4, 0.5) is 10.5 Å². The van der Waals surface area contributed by atoms with Crippen LogP contribution in [0.15, 0.2) is 24.3 Å². The summed E-state index contributed by atoms with van der Waals surface area (Å²) < 4.78 is 0. The van der Waals surface area contributed by atoms with E-state index in [1.807, 2.05) is 38.1 Å². The summed E-state index contributed by atoms with van der Waals surface area (Å²) in [7, 11) is 0. The Kier molecular flexibility index (Phi) is 3.97. The molecule has 0 saturated carbocycles. The van der Waals surface area contributed by atoms with Crippen LogP contribution in [-0.2, 0) is 0 Å². The molecule has 0 aliphatic carbocycles. The Labute approximate surface area is 119 Å². The number of amides is 2. The third-order valence-corrected chi connectivity index (χ3v) is 4.11. The molecule has 4 N–H and O–H groups in total. The van der Waals surface area contributed by atoms with Crippen molar-refractivity contribution >= 4 is 17.6 Å². The Bertz CT molecular complexity index is 501. The van der Waals surface area contributed by atoms with Gasteiger partial charge >= 0.3 is 6.03 Å². The molecule has 1 aromatic carbocycles. The Balaban J connectivity index is 1.92. The van der Waals surface area contributed by atoms with Gasteiger partial charge in [0.25, 0.3) is 0 Å². The van der Waals surface area contributed by atoms with Gasteiger partial charge in [-0.25, -0.2) is 4.79 Å². The number of hydrogen-bond acceptors (Lipinski definition) is 2. The highest BCUT2D eigenvalue weighted by atomic mass is 16.2. The average molecular weight is 274 g/mol. The van der Waals surface area contributed by atoms with Crippen molar-refractivity contribution in [3.63, 3.8) is 0 Å². The maximum absolute atomic E-state index is 12.2. The summed E-state index contributed by atoms with van der Waals surface area (Å²) in [5.41, 5.74) is 7.33. The fraction of sp³-hybridized carbons (Fsp3) is 0.467. The molecule has 2 rings (SSSR count). The topological polar surface area (TPSA) is 82.2 Å². The fourth-order valence-corrected chi connectivity index (χ4v) is 2.31. The molecule has 0 aromatic heterocycles. The highest BCUT2D eigenvalue weighted by molar-refractivity contribution is 5.90. The van der Waals surface area contributed by atoms with Gasteiger partial charge in [0.1, 0.15) is 0 Å². The number of nitrogens with zero attached hydrogens (tertiary/aromatic N) is 1. The van der Waals surface area contributed by atoms with Crippen molar-refractivity contribution in [2.24, 2.45) is 11.1 Å². The number of nitrogens with one attached hydrogen (secondary N) is 2. The van der Waals surface area contributed by atoms with Crippen LogP contribution in [0.1, 0.15) is 25.3 Å². The van der Waals surface area contributed by atoms with Crippen LogP contribution in [0.25, 0.3) is 0 Å². The summed E-state index contributed by atoms with van der Waals surface area (Å²) in [5, 5.41) is 10.5. The minimum absolute atomic E-state index is 0.0838. The lowest BCUT2D eigenvalue weighted by atomic mass is 9.79. The molecule has 0 atom stereocenters. The summed E-state index contributed by atoms with van der Waals surface area (Å²) in [5.74, 6) is 0.219. The van der Waals surface area contributed by atoms with Gasteiger partial charge in [0, 0.05) is 24.2 Å². The molecule has 1 fully saturated rings.